The molecule has 2 aromatic carbocycles. The van der Waals surface area contributed by atoms with Gasteiger partial charge in [-0.25, -0.2) is 0 Å². The number of anilines is 2. The third-order valence-electron chi connectivity index (χ3n) is 5.69. The van der Waals surface area contributed by atoms with Gasteiger partial charge in [0.1, 0.15) is 11.3 Å². The van der Waals surface area contributed by atoms with Crippen LogP contribution in [0.15, 0.2) is 36.4 Å². The molecule has 1 fully saturated rings. The molecule has 31 heavy (non-hydrogen) atoms. The first-order valence-electron chi connectivity index (χ1n) is 9.57. The van der Waals surface area contributed by atoms with E-state index in [-0.39, 0.29) is 12.8 Å². The number of methoxy groups -OCH3 is 1. The van der Waals surface area contributed by atoms with Crippen molar-refractivity contribution in [3.63, 3.8) is 0 Å². The van der Waals surface area contributed by atoms with Crippen LogP contribution in [0, 0.1) is 5.92 Å². The smallest absolute Gasteiger partial charge is 0.250 e. The Balaban J connectivity index is 1.75. The number of fused-ring (bicyclic) bond motifs is 2. The standard InChI is InChI=1S/C21H20Cl2N4O4/c1-31-16-6-5-10(22)7-15(16)25-19(29)13-8-11(9-17(24)28)27-21(13)12-3-2-4-14(23)18(12)26-20(21)30/h2-7,11,13,27H,8-9H2,1H3,(H2,24,28)(H,25,29)(H,26,30). The molecule has 0 bridgehead atoms. The van der Waals surface area contributed by atoms with Crippen LogP contribution in [0.2, 0.25) is 10.0 Å². The largest absolute Gasteiger partial charge is 0.495 e. The summed E-state index contributed by atoms with van der Waals surface area (Å²) in [4.78, 5) is 38.2. The Morgan fingerprint density at radius 3 is 2.77 bits per heavy atom. The van der Waals surface area contributed by atoms with Gasteiger partial charge >= 0.3 is 0 Å². The van der Waals surface area contributed by atoms with E-state index in [0.29, 0.717) is 32.7 Å². The van der Waals surface area contributed by atoms with E-state index in [0.717, 1.165) is 0 Å². The Bertz CT molecular complexity index is 1090. The highest BCUT2D eigenvalue weighted by Crippen LogP contribution is 2.49. The first-order valence-corrected chi connectivity index (χ1v) is 10.3. The third kappa shape index (κ3) is 3.60. The lowest BCUT2D eigenvalue weighted by atomic mass is 9.79. The number of primary amides is 1. The molecule has 1 spiro atoms. The summed E-state index contributed by atoms with van der Waals surface area (Å²) in [7, 11) is 1.48. The van der Waals surface area contributed by atoms with Crippen LogP contribution in [0.25, 0.3) is 0 Å². The summed E-state index contributed by atoms with van der Waals surface area (Å²) in [6, 6.07) is 9.47. The summed E-state index contributed by atoms with van der Waals surface area (Å²) in [6.45, 7) is 0. The van der Waals surface area contributed by atoms with Gasteiger partial charge in [-0.1, -0.05) is 35.3 Å². The van der Waals surface area contributed by atoms with E-state index in [4.69, 9.17) is 33.7 Å². The maximum atomic E-state index is 13.4. The number of hydrogen-bond donors (Lipinski definition) is 4. The second kappa shape index (κ2) is 8.03. The van der Waals surface area contributed by atoms with Gasteiger partial charge in [-0.3, -0.25) is 19.7 Å². The lowest BCUT2D eigenvalue weighted by Gasteiger charge is -2.29. The van der Waals surface area contributed by atoms with E-state index in [1.807, 2.05) is 0 Å². The van der Waals surface area contributed by atoms with Crippen molar-refractivity contribution in [1.82, 2.24) is 5.32 Å². The molecule has 10 heteroatoms. The minimum Gasteiger partial charge on any atom is -0.495 e. The molecule has 3 atom stereocenters. The number of carbonyl (C=O) groups is 3. The Kier molecular flexibility index (Phi) is 5.55. The van der Waals surface area contributed by atoms with Gasteiger partial charge in [-0.2, -0.15) is 0 Å². The molecule has 0 aliphatic carbocycles. The predicted octanol–water partition coefficient (Wildman–Crippen LogP) is 2.64. The zero-order chi connectivity index (χ0) is 22.3. The Morgan fingerprint density at radius 1 is 1.29 bits per heavy atom. The molecule has 2 aromatic rings. The average Bonchev–Trinajstić information content (AvgIpc) is 3.22. The van der Waals surface area contributed by atoms with E-state index in [1.54, 1.807) is 36.4 Å². The highest BCUT2D eigenvalue weighted by molar-refractivity contribution is 6.35. The van der Waals surface area contributed by atoms with Crippen molar-refractivity contribution in [2.45, 2.75) is 24.4 Å². The van der Waals surface area contributed by atoms with Crippen molar-refractivity contribution in [3.05, 3.63) is 52.0 Å². The molecule has 0 radical (unpaired) electrons. The van der Waals surface area contributed by atoms with Gasteiger partial charge in [0.15, 0.2) is 0 Å². The number of nitrogens with one attached hydrogen (secondary N) is 3. The number of para-hydroxylation sites is 1. The van der Waals surface area contributed by atoms with E-state index in [1.165, 1.54) is 7.11 Å². The summed E-state index contributed by atoms with van der Waals surface area (Å²) in [5, 5.41) is 9.57. The van der Waals surface area contributed by atoms with Crippen molar-refractivity contribution in [2.24, 2.45) is 11.7 Å². The van der Waals surface area contributed by atoms with Crippen molar-refractivity contribution in [3.8, 4) is 5.75 Å². The van der Waals surface area contributed by atoms with Gasteiger partial charge in [0.2, 0.25) is 17.7 Å². The number of amides is 3. The van der Waals surface area contributed by atoms with Crippen molar-refractivity contribution in [2.75, 3.05) is 17.7 Å². The topological polar surface area (TPSA) is 123 Å². The van der Waals surface area contributed by atoms with E-state index < -0.39 is 35.2 Å². The maximum absolute atomic E-state index is 13.4. The van der Waals surface area contributed by atoms with Crippen LogP contribution in [0.3, 0.4) is 0 Å². The van der Waals surface area contributed by atoms with Crippen LogP contribution in [-0.2, 0) is 19.9 Å². The molecule has 3 unspecified atom stereocenters. The van der Waals surface area contributed by atoms with Gasteiger partial charge in [-0.15, -0.1) is 0 Å². The van der Waals surface area contributed by atoms with E-state index in [2.05, 4.69) is 16.0 Å². The fraction of sp³-hybridized carbons (Fsp3) is 0.286. The van der Waals surface area contributed by atoms with Crippen LogP contribution in [0.4, 0.5) is 11.4 Å². The van der Waals surface area contributed by atoms with Crippen molar-refractivity contribution < 1.29 is 19.1 Å². The fourth-order valence-electron chi connectivity index (χ4n) is 4.42. The summed E-state index contributed by atoms with van der Waals surface area (Å²) < 4.78 is 5.30. The molecule has 0 saturated carbocycles. The molecule has 1 saturated heterocycles. The zero-order valence-corrected chi connectivity index (χ0v) is 18.0. The molecule has 8 nitrogen and oxygen atoms in total. The molecular weight excluding hydrogens is 443 g/mol. The number of hydrogen-bond acceptors (Lipinski definition) is 5. The second-order valence-electron chi connectivity index (χ2n) is 7.56. The van der Waals surface area contributed by atoms with Crippen LogP contribution < -0.4 is 26.4 Å². The Hall–Kier alpha value is -2.81. The first-order chi connectivity index (χ1) is 14.8. The minimum absolute atomic E-state index is 0.0187. The van der Waals surface area contributed by atoms with Crippen LogP contribution >= 0.6 is 23.2 Å². The molecule has 4 rings (SSSR count). The minimum atomic E-state index is -1.39. The van der Waals surface area contributed by atoms with E-state index in [9.17, 15) is 14.4 Å². The fourth-order valence-corrected chi connectivity index (χ4v) is 4.82. The van der Waals surface area contributed by atoms with Gasteiger partial charge in [0, 0.05) is 23.0 Å². The molecule has 162 valence electrons. The quantitative estimate of drug-likeness (QED) is 0.543. The van der Waals surface area contributed by atoms with Crippen molar-refractivity contribution >= 4 is 52.3 Å². The van der Waals surface area contributed by atoms with E-state index >= 15 is 0 Å². The van der Waals surface area contributed by atoms with Gasteiger partial charge in [0.25, 0.3) is 0 Å². The number of halogens is 2. The molecule has 0 aromatic heterocycles. The van der Waals surface area contributed by atoms with Crippen molar-refractivity contribution in [1.29, 1.82) is 0 Å². The highest BCUT2D eigenvalue weighted by Gasteiger charge is 2.60. The monoisotopic (exact) mass is 462 g/mol. The number of carbonyl (C=O) groups excluding carboxylic acids is 3. The summed E-state index contributed by atoms with van der Waals surface area (Å²) in [6.07, 6.45) is 0.201. The van der Waals surface area contributed by atoms with Crippen LogP contribution in [0.5, 0.6) is 5.75 Å². The Morgan fingerprint density at radius 2 is 2.06 bits per heavy atom. The first kappa shape index (κ1) is 21.4. The molecule has 3 amide bonds. The lowest BCUT2D eigenvalue weighted by molar-refractivity contribution is -0.130. The number of nitrogens with two attached hydrogens (primary N) is 1. The van der Waals surface area contributed by atoms with Gasteiger partial charge < -0.3 is 21.1 Å². The van der Waals surface area contributed by atoms with Gasteiger partial charge in [-0.05, 0) is 30.7 Å². The lowest BCUT2D eigenvalue weighted by Crippen LogP contribution is -2.52. The summed E-state index contributed by atoms with van der Waals surface area (Å²) >= 11 is 12.4. The number of ether oxygens (including phenoxy) is 1. The number of rotatable bonds is 5. The number of benzene rings is 2. The highest BCUT2D eigenvalue weighted by atomic mass is 35.5. The maximum Gasteiger partial charge on any atom is 0.250 e. The van der Waals surface area contributed by atoms with Crippen LogP contribution in [-0.4, -0.2) is 30.9 Å². The normalized spacial score (nSPS) is 24.0. The molecule has 2 heterocycles. The zero-order valence-electron chi connectivity index (χ0n) is 16.5. The molecular formula is C21H20Cl2N4O4. The molecule has 2 aliphatic heterocycles. The summed E-state index contributed by atoms with van der Waals surface area (Å²) in [5.41, 5.74) is 5.36. The second-order valence-corrected chi connectivity index (χ2v) is 8.40. The summed E-state index contributed by atoms with van der Waals surface area (Å²) in [5.74, 6) is -1.80. The third-order valence-corrected chi connectivity index (χ3v) is 6.24. The molecule has 2 aliphatic rings. The molecule has 5 N–H and O–H groups in total. The Labute approximate surface area is 188 Å². The predicted molar refractivity (Wildman–Crippen MR) is 117 cm³/mol. The van der Waals surface area contributed by atoms with Gasteiger partial charge in [0.05, 0.1) is 29.4 Å². The average molecular weight is 463 g/mol. The SMILES string of the molecule is COc1ccc(Cl)cc1NC(=O)C1CC(CC(N)=O)NC12C(=O)Nc1c(Cl)cccc12. The van der Waals surface area contributed by atoms with Crippen LogP contribution in [0.1, 0.15) is 18.4 Å².